The van der Waals surface area contributed by atoms with Gasteiger partial charge in [-0.2, -0.15) is 13.2 Å². The third kappa shape index (κ3) is 3.02. The Kier molecular flexibility index (Phi) is 3.35. The van der Waals surface area contributed by atoms with Crippen molar-refractivity contribution in [2.45, 2.75) is 6.18 Å². The Morgan fingerprint density at radius 3 is 2.00 bits per heavy atom. The van der Waals surface area contributed by atoms with Crippen LogP contribution in [0.3, 0.4) is 0 Å². The first-order chi connectivity index (χ1) is 6.04. The Hall–Kier alpha value is -0.520. The Balaban J connectivity index is 2.94. The summed E-state index contributed by atoms with van der Waals surface area (Å²) in [6, 6.07) is 5.04. The minimum atomic E-state index is -4.24. The molecule has 0 spiro atoms. The number of alkyl halides is 3. The van der Waals surface area contributed by atoms with Crippen LogP contribution in [0.5, 0.6) is 0 Å². The molecule has 0 N–H and O–H groups in total. The molecular formula is C9H6F3I. The summed E-state index contributed by atoms with van der Waals surface area (Å²) in [6.45, 7) is 0. The molecule has 0 radical (unpaired) electrons. The summed E-state index contributed by atoms with van der Waals surface area (Å²) in [5, 5.41) is 0. The average Bonchev–Trinajstić information content (AvgIpc) is 2.04. The molecule has 0 amide bonds. The second-order valence-electron chi connectivity index (χ2n) is 2.41. The van der Waals surface area contributed by atoms with Gasteiger partial charge in [-0.05, 0) is 27.9 Å². The summed E-state index contributed by atoms with van der Waals surface area (Å²) >= 11 is 2.01. The van der Waals surface area contributed by atoms with Crippen LogP contribution in [0.1, 0.15) is 11.1 Å². The van der Waals surface area contributed by atoms with E-state index in [4.69, 9.17) is 0 Å². The van der Waals surface area contributed by atoms with Gasteiger partial charge in [0, 0.05) is 0 Å². The first-order valence-corrected chi connectivity index (χ1v) is 4.72. The highest BCUT2D eigenvalue weighted by molar-refractivity contribution is 14.1. The van der Waals surface area contributed by atoms with E-state index in [9.17, 15) is 13.2 Å². The van der Waals surface area contributed by atoms with E-state index in [1.165, 1.54) is 12.1 Å². The van der Waals surface area contributed by atoms with E-state index in [1.807, 2.05) is 22.6 Å². The number of rotatable bonds is 1. The van der Waals surface area contributed by atoms with E-state index in [1.54, 1.807) is 10.2 Å². The predicted molar refractivity (Wildman–Crippen MR) is 54.5 cm³/mol. The minimum Gasteiger partial charge on any atom is -0.166 e. The maximum absolute atomic E-state index is 12.1. The number of hydrogen-bond donors (Lipinski definition) is 0. The lowest BCUT2D eigenvalue weighted by atomic mass is 10.1. The molecule has 0 nitrogen and oxygen atoms in total. The molecule has 0 saturated carbocycles. The second-order valence-corrected chi connectivity index (χ2v) is 3.13. The van der Waals surface area contributed by atoms with Crippen molar-refractivity contribution in [1.82, 2.24) is 0 Å². The highest BCUT2D eigenvalue weighted by Gasteiger charge is 2.29. The van der Waals surface area contributed by atoms with Crippen LogP contribution in [0.25, 0.3) is 6.08 Å². The molecule has 4 heteroatoms. The Bertz CT molecular complexity index is 298. The van der Waals surface area contributed by atoms with Crippen molar-refractivity contribution in [3.05, 3.63) is 39.5 Å². The highest BCUT2D eigenvalue weighted by Crippen LogP contribution is 2.29. The number of hydrogen-bond acceptors (Lipinski definition) is 0. The van der Waals surface area contributed by atoms with Gasteiger partial charge in [-0.1, -0.05) is 34.7 Å². The summed E-state index contributed by atoms with van der Waals surface area (Å²) in [5.74, 6) is 0. The normalized spacial score (nSPS) is 12.3. The molecule has 1 aromatic rings. The molecule has 13 heavy (non-hydrogen) atoms. The molecule has 0 aliphatic carbocycles. The topological polar surface area (TPSA) is 0 Å². The van der Waals surface area contributed by atoms with Gasteiger partial charge in [0.1, 0.15) is 0 Å². The van der Waals surface area contributed by atoms with E-state index < -0.39 is 11.7 Å². The van der Waals surface area contributed by atoms with Crippen LogP contribution in [0.2, 0.25) is 0 Å². The third-order valence-electron chi connectivity index (χ3n) is 1.49. The van der Waals surface area contributed by atoms with Crippen molar-refractivity contribution in [3.8, 4) is 0 Å². The summed E-state index contributed by atoms with van der Waals surface area (Å²) in [4.78, 5) is 0. The maximum atomic E-state index is 12.1. The van der Waals surface area contributed by atoms with Crippen molar-refractivity contribution in [1.29, 1.82) is 0 Å². The van der Waals surface area contributed by atoms with E-state index in [0.717, 1.165) is 17.7 Å². The Labute approximate surface area is 87.6 Å². The van der Waals surface area contributed by atoms with Gasteiger partial charge >= 0.3 is 6.18 Å². The van der Waals surface area contributed by atoms with E-state index in [2.05, 4.69) is 0 Å². The van der Waals surface area contributed by atoms with Crippen LogP contribution < -0.4 is 0 Å². The molecule has 0 saturated heterocycles. The summed E-state index contributed by atoms with van der Waals surface area (Å²) in [6.07, 6.45) is -2.51. The quantitative estimate of drug-likeness (QED) is 0.684. The van der Waals surface area contributed by atoms with Crippen LogP contribution in [0.15, 0.2) is 28.3 Å². The first-order valence-electron chi connectivity index (χ1n) is 3.48. The zero-order valence-corrected chi connectivity index (χ0v) is 8.63. The van der Waals surface area contributed by atoms with Gasteiger partial charge in [0.2, 0.25) is 0 Å². The molecule has 0 unspecified atom stereocenters. The highest BCUT2D eigenvalue weighted by atomic mass is 127. The van der Waals surface area contributed by atoms with Gasteiger partial charge in [-0.15, -0.1) is 0 Å². The van der Waals surface area contributed by atoms with Crippen molar-refractivity contribution in [2.24, 2.45) is 0 Å². The fourth-order valence-corrected chi connectivity index (χ4v) is 1.27. The lowest BCUT2D eigenvalue weighted by Crippen LogP contribution is -2.03. The van der Waals surface area contributed by atoms with Crippen LogP contribution in [-0.4, -0.2) is 0 Å². The first kappa shape index (κ1) is 10.6. The minimum absolute atomic E-state index is 0.613. The van der Waals surface area contributed by atoms with Crippen LogP contribution in [-0.2, 0) is 6.18 Å². The number of benzene rings is 1. The van der Waals surface area contributed by atoms with Gasteiger partial charge in [0.15, 0.2) is 0 Å². The lowest BCUT2D eigenvalue weighted by molar-refractivity contribution is -0.137. The summed E-state index contributed by atoms with van der Waals surface area (Å²) in [5.41, 5.74) is 0.153. The monoisotopic (exact) mass is 298 g/mol. The van der Waals surface area contributed by atoms with Crippen LogP contribution in [0, 0.1) is 0 Å². The molecule has 0 fully saturated rings. The zero-order valence-electron chi connectivity index (χ0n) is 6.48. The van der Waals surface area contributed by atoms with E-state index in [-0.39, 0.29) is 0 Å². The van der Waals surface area contributed by atoms with Gasteiger partial charge < -0.3 is 0 Å². The molecule has 70 valence electrons. The molecule has 1 rings (SSSR count). The van der Waals surface area contributed by atoms with Crippen molar-refractivity contribution < 1.29 is 13.2 Å². The molecule has 0 atom stereocenters. The van der Waals surface area contributed by atoms with Crippen molar-refractivity contribution in [2.75, 3.05) is 0 Å². The maximum Gasteiger partial charge on any atom is 0.416 e. The van der Waals surface area contributed by atoms with Gasteiger partial charge in [-0.25, -0.2) is 0 Å². The smallest absolute Gasteiger partial charge is 0.166 e. The average molecular weight is 298 g/mol. The third-order valence-corrected chi connectivity index (χ3v) is 1.85. The zero-order chi connectivity index (χ0) is 9.90. The molecule has 0 aromatic heterocycles. The largest absolute Gasteiger partial charge is 0.416 e. The fourth-order valence-electron chi connectivity index (χ4n) is 0.856. The van der Waals surface area contributed by atoms with Crippen LogP contribution >= 0.6 is 22.6 Å². The van der Waals surface area contributed by atoms with E-state index >= 15 is 0 Å². The van der Waals surface area contributed by atoms with Crippen molar-refractivity contribution >= 4 is 28.7 Å². The molecule has 1 aromatic carbocycles. The molecule has 0 aliphatic heterocycles. The lowest BCUT2D eigenvalue weighted by Gasteiger charge is -2.05. The van der Waals surface area contributed by atoms with Gasteiger partial charge in [-0.3, -0.25) is 0 Å². The SMILES string of the molecule is FC(F)(F)c1ccc(/C=C/I)cc1. The Morgan fingerprint density at radius 2 is 1.62 bits per heavy atom. The van der Waals surface area contributed by atoms with Crippen molar-refractivity contribution in [3.63, 3.8) is 0 Å². The standard InChI is InChI=1S/C9H6F3I/c10-9(11,12)8-3-1-7(2-4-8)5-6-13/h1-6H/b6-5+. The molecule has 0 aliphatic rings. The Morgan fingerprint density at radius 1 is 1.08 bits per heavy atom. The second kappa shape index (κ2) is 4.13. The molecule has 0 heterocycles. The van der Waals surface area contributed by atoms with Gasteiger partial charge in [0.25, 0.3) is 0 Å². The number of halogens is 4. The van der Waals surface area contributed by atoms with Gasteiger partial charge in [0.05, 0.1) is 5.56 Å². The molecular weight excluding hydrogens is 292 g/mol. The van der Waals surface area contributed by atoms with E-state index in [0.29, 0.717) is 0 Å². The predicted octanol–water partition coefficient (Wildman–Crippen LogP) is 4.11. The summed E-state index contributed by atoms with van der Waals surface area (Å²) in [7, 11) is 0. The molecule has 0 bridgehead atoms. The fraction of sp³-hybridized carbons (Fsp3) is 0.111. The summed E-state index contributed by atoms with van der Waals surface area (Å²) < 4.78 is 38.0. The van der Waals surface area contributed by atoms with Crippen LogP contribution in [0.4, 0.5) is 13.2 Å².